The van der Waals surface area contributed by atoms with Crippen LogP contribution in [0.3, 0.4) is 0 Å². The summed E-state index contributed by atoms with van der Waals surface area (Å²) in [4.78, 5) is 10.2. The molecule has 1 atom stereocenters. The Hall–Kier alpha value is -1.14. The average Bonchev–Trinajstić information content (AvgIpc) is 2.95. The quantitative estimate of drug-likeness (QED) is 0.485. The van der Waals surface area contributed by atoms with Crippen molar-refractivity contribution in [3.8, 4) is 5.75 Å². The lowest BCUT2D eigenvalue weighted by atomic mass is 10.2. The van der Waals surface area contributed by atoms with E-state index in [9.17, 15) is 10.1 Å². The fourth-order valence-electron chi connectivity index (χ4n) is 1.19. The summed E-state index contributed by atoms with van der Waals surface area (Å²) >= 11 is 3.16. The van der Waals surface area contributed by atoms with Crippen LogP contribution >= 0.6 is 15.9 Å². The van der Waals surface area contributed by atoms with Gasteiger partial charge in [-0.25, -0.2) is 0 Å². The van der Waals surface area contributed by atoms with Crippen LogP contribution in [0.15, 0.2) is 22.7 Å². The molecule has 1 fully saturated rings. The lowest BCUT2D eigenvalue weighted by molar-refractivity contribution is -0.385. The Morgan fingerprint density at radius 1 is 1.69 bits per heavy atom. The van der Waals surface area contributed by atoms with Crippen molar-refractivity contribution in [3.63, 3.8) is 0 Å². The molecular weight excluding hydrogens is 278 g/mol. The van der Waals surface area contributed by atoms with Crippen LogP contribution in [-0.2, 0) is 4.74 Å². The van der Waals surface area contributed by atoms with Crippen molar-refractivity contribution in [1.29, 1.82) is 0 Å². The average molecular weight is 288 g/mol. The number of epoxide rings is 1. The molecule has 0 amide bonds. The third-order valence-electron chi connectivity index (χ3n) is 2.31. The standard InChI is InChI=1S/C10H10BrNO4/c1-10(6-16-10)5-15-8-4-2-3-7(9(8)11)12(13)14/h2-4H,5-6H2,1H3. The number of ether oxygens (including phenoxy) is 2. The number of hydrogen-bond donors (Lipinski definition) is 0. The fourth-order valence-corrected chi connectivity index (χ4v) is 1.71. The maximum Gasteiger partial charge on any atom is 0.287 e. The molecule has 2 rings (SSSR count). The molecule has 0 radical (unpaired) electrons. The predicted octanol–water partition coefficient (Wildman–Crippen LogP) is 2.53. The zero-order valence-corrected chi connectivity index (χ0v) is 10.2. The van der Waals surface area contributed by atoms with Gasteiger partial charge in [0.1, 0.15) is 22.4 Å². The number of benzene rings is 1. The molecule has 0 bridgehead atoms. The van der Waals surface area contributed by atoms with Crippen molar-refractivity contribution in [2.24, 2.45) is 0 Å². The van der Waals surface area contributed by atoms with Crippen LogP contribution in [0.2, 0.25) is 0 Å². The van der Waals surface area contributed by atoms with E-state index in [0.717, 1.165) is 0 Å². The van der Waals surface area contributed by atoms with Gasteiger partial charge in [-0.15, -0.1) is 0 Å². The maximum atomic E-state index is 10.7. The Kier molecular flexibility index (Phi) is 2.86. The summed E-state index contributed by atoms with van der Waals surface area (Å²) < 4.78 is 11.0. The van der Waals surface area contributed by atoms with Crippen molar-refractivity contribution in [1.82, 2.24) is 0 Å². The first-order valence-electron chi connectivity index (χ1n) is 4.71. The second kappa shape index (κ2) is 4.03. The summed E-state index contributed by atoms with van der Waals surface area (Å²) in [5.41, 5.74) is -0.233. The number of nitro groups is 1. The first-order valence-corrected chi connectivity index (χ1v) is 5.51. The smallest absolute Gasteiger partial charge is 0.287 e. The monoisotopic (exact) mass is 287 g/mol. The lowest BCUT2D eigenvalue weighted by Gasteiger charge is -2.10. The molecule has 0 aliphatic carbocycles. The first kappa shape index (κ1) is 11.3. The molecule has 0 N–H and O–H groups in total. The molecule has 1 aliphatic rings. The fraction of sp³-hybridized carbons (Fsp3) is 0.400. The number of nitro benzene ring substituents is 1. The largest absolute Gasteiger partial charge is 0.489 e. The van der Waals surface area contributed by atoms with E-state index < -0.39 is 4.92 Å². The number of halogens is 1. The first-order chi connectivity index (χ1) is 7.52. The highest BCUT2D eigenvalue weighted by Crippen LogP contribution is 2.35. The van der Waals surface area contributed by atoms with E-state index in [4.69, 9.17) is 9.47 Å². The van der Waals surface area contributed by atoms with Gasteiger partial charge in [0.05, 0.1) is 11.5 Å². The molecule has 16 heavy (non-hydrogen) atoms. The van der Waals surface area contributed by atoms with Gasteiger partial charge in [-0.3, -0.25) is 10.1 Å². The highest BCUT2D eigenvalue weighted by molar-refractivity contribution is 9.10. The van der Waals surface area contributed by atoms with Crippen LogP contribution in [-0.4, -0.2) is 23.7 Å². The summed E-state index contributed by atoms with van der Waals surface area (Å²) in [5.74, 6) is 0.464. The zero-order valence-electron chi connectivity index (χ0n) is 8.60. The Labute approximate surface area is 101 Å². The minimum Gasteiger partial charge on any atom is -0.489 e. The number of hydrogen-bond acceptors (Lipinski definition) is 4. The van der Waals surface area contributed by atoms with Gasteiger partial charge in [-0.2, -0.15) is 0 Å². The van der Waals surface area contributed by atoms with E-state index in [2.05, 4.69) is 15.9 Å². The Balaban J connectivity index is 2.14. The molecule has 1 unspecified atom stereocenters. The van der Waals surface area contributed by atoms with Crippen LogP contribution < -0.4 is 4.74 Å². The second-order valence-corrected chi connectivity index (χ2v) is 4.67. The van der Waals surface area contributed by atoms with E-state index >= 15 is 0 Å². The van der Waals surface area contributed by atoms with Crippen LogP contribution in [0, 0.1) is 10.1 Å². The van der Waals surface area contributed by atoms with E-state index in [1.54, 1.807) is 12.1 Å². The van der Waals surface area contributed by atoms with E-state index in [-0.39, 0.29) is 11.3 Å². The van der Waals surface area contributed by atoms with Crippen LogP contribution in [0.25, 0.3) is 0 Å². The molecule has 6 heteroatoms. The van der Waals surface area contributed by atoms with Crippen molar-refractivity contribution < 1.29 is 14.4 Å². The molecular formula is C10H10BrNO4. The molecule has 1 saturated heterocycles. The number of nitrogens with zero attached hydrogens (tertiary/aromatic N) is 1. The van der Waals surface area contributed by atoms with Gasteiger partial charge in [0, 0.05) is 6.07 Å². The van der Waals surface area contributed by atoms with E-state index in [1.807, 2.05) is 6.92 Å². The van der Waals surface area contributed by atoms with E-state index in [1.165, 1.54) is 6.07 Å². The molecule has 1 heterocycles. The van der Waals surface area contributed by atoms with Gasteiger partial charge in [-0.1, -0.05) is 6.07 Å². The topological polar surface area (TPSA) is 64.9 Å². The van der Waals surface area contributed by atoms with Crippen molar-refractivity contribution in [2.75, 3.05) is 13.2 Å². The van der Waals surface area contributed by atoms with Gasteiger partial charge in [0.2, 0.25) is 0 Å². The van der Waals surface area contributed by atoms with E-state index in [0.29, 0.717) is 23.4 Å². The summed E-state index contributed by atoms with van der Waals surface area (Å²) in [6.07, 6.45) is 0. The third-order valence-corrected chi connectivity index (χ3v) is 3.11. The molecule has 0 aromatic heterocycles. The molecule has 1 aromatic carbocycles. The molecule has 86 valence electrons. The SMILES string of the molecule is CC1(COc2cccc([N+](=O)[O-])c2Br)CO1. The van der Waals surface area contributed by atoms with Crippen LogP contribution in [0.5, 0.6) is 5.75 Å². The molecule has 0 spiro atoms. The third kappa shape index (κ3) is 2.33. The molecule has 1 aliphatic heterocycles. The highest BCUT2D eigenvalue weighted by Gasteiger charge is 2.40. The van der Waals surface area contributed by atoms with Gasteiger partial charge in [-0.05, 0) is 28.9 Å². The van der Waals surface area contributed by atoms with Crippen LogP contribution in [0.4, 0.5) is 5.69 Å². The second-order valence-electron chi connectivity index (χ2n) is 3.87. The summed E-state index contributed by atoms with van der Waals surface area (Å²) in [6.45, 7) is 2.99. The highest BCUT2D eigenvalue weighted by atomic mass is 79.9. The minimum absolute atomic E-state index is 0.000585. The molecule has 0 saturated carbocycles. The van der Waals surface area contributed by atoms with Crippen molar-refractivity contribution in [3.05, 3.63) is 32.8 Å². The minimum atomic E-state index is -0.452. The summed E-state index contributed by atoms with van der Waals surface area (Å²) in [5, 5.41) is 10.7. The van der Waals surface area contributed by atoms with Crippen molar-refractivity contribution in [2.45, 2.75) is 12.5 Å². The summed E-state index contributed by atoms with van der Waals surface area (Å²) in [6, 6.07) is 4.70. The normalized spacial score (nSPS) is 22.9. The van der Waals surface area contributed by atoms with Gasteiger partial charge >= 0.3 is 0 Å². The Bertz CT molecular complexity index is 431. The number of rotatable bonds is 4. The molecule has 5 nitrogen and oxygen atoms in total. The van der Waals surface area contributed by atoms with Crippen molar-refractivity contribution >= 4 is 21.6 Å². The Morgan fingerprint density at radius 3 is 2.94 bits per heavy atom. The Morgan fingerprint density at radius 2 is 2.38 bits per heavy atom. The van der Waals surface area contributed by atoms with Gasteiger partial charge in [0.25, 0.3) is 5.69 Å². The maximum absolute atomic E-state index is 10.7. The summed E-state index contributed by atoms with van der Waals surface area (Å²) in [7, 11) is 0. The lowest BCUT2D eigenvalue weighted by Crippen LogP contribution is -2.17. The zero-order chi connectivity index (χ0) is 11.8. The van der Waals surface area contributed by atoms with Gasteiger partial charge in [0.15, 0.2) is 0 Å². The van der Waals surface area contributed by atoms with Gasteiger partial charge < -0.3 is 9.47 Å². The molecule has 1 aromatic rings. The van der Waals surface area contributed by atoms with Crippen LogP contribution in [0.1, 0.15) is 6.92 Å². The predicted molar refractivity (Wildman–Crippen MR) is 60.6 cm³/mol.